The molecule has 0 aliphatic heterocycles. The van der Waals surface area contributed by atoms with E-state index in [4.69, 9.17) is 9.47 Å². The molecule has 8 heteroatoms. The summed E-state index contributed by atoms with van der Waals surface area (Å²) >= 11 is 0. The first-order chi connectivity index (χ1) is 15.3. The molecule has 3 aliphatic carbocycles. The molecule has 0 saturated heterocycles. The molecule has 7 nitrogen and oxygen atoms in total. The molecule has 2 bridgehead atoms. The summed E-state index contributed by atoms with van der Waals surface area (Å²) in [4.78, 5) is 24.7. The van der Waals surface area contributed by atoms with Gasteiger partial charge in [-0.1, -0.05) is 38.5 Å². The third-order valence-electron chi connectivity index (χ3n) is 7.47. The van der Waals surface area contributed by atoms with E-state index in [0.717, 1.165) is 43.7 Å². The third-order valence-corrected chi connectivity index (χ3v) is 8.30. The molecular formula is C24H32O7S. The monoisotopic (exact) mass is 464 g/mol. The number of esters is 2. The summed E-state index contributed by atoms with van der Waals surface area (Å²) in [5.74, 6) is 0.778. The van der Waals surface area contributed by atoms with Crippen LogP contribution in [0.5, 0.6) is 0 Å². The van der Waals surface area contributed by atoms with Gasteiger partial charge in [0.1, 0.15) is 0 Å². The summed E-state index contributed by atoms with van der Waals surface area (Å²) in [7, 11) is -4.61. The van der Waals surface area contributed by atoms with Crippen LogP contribution in [0.2, 0.25) is 0 Å². The van der Waals surface area contributed by atoms with Crippen LogP contribution in [0.15, 0.2) is 23.1 Å². The zero-order chi connectivity index (χ0) is 22.7. The van der Waals surface area contributed by atoms with Crippen molar-refractivity contribution in [1.82, 2.24) is 0 Å². The first-order valence-corrected chi connectivity index (χ1v) is 13.2. The van der Waals surface area contributed by atoms with Crippen LogP contribution in [0, 0.1) is 23.7 Å². The van der Waals surface area contributed by atoms with Crippen molar-refractivity contribution in [2.45, 2.75) is 69.1 Å². The van der Waals surface area contributed by atoms with Gasteiger partial charge in [-0.25, -0.2) is 9.59 Å². The van der Waals surface area contributed by atoms with E-state index in [1.165, 1.54) is 44.6 Å². The third kappa shape index (κ3) is 5.70. The van der Waals surface area contributed by atoms with Gasteiger partial charge in [0, 0.05) is 0 Å². The molecule has 0 heterocycles. The molecule has 3 aliphatic rings. The van der Waals surface area contributed by atoms with Gasteiger partial charge >= 0.3 is 11.9 Å². The largest absolute Gasteiger partial charge is 0.462 e. The molecule has 1 N–H and O–H groups in total. The highest BCUT2D eigenvalue weighted by atomic mass is 32.2. The Labute approximate surface area is 189 Å². The summed E-state index contributed by atoms with van der Waals surface area (Å²) in [5, 5.41) is 0. The van der Waals surface area contributed by atoms with Gasteiger partial charge in [0.15, 0.2) is 0 Å². The number of fused-ring (bicyclic) bond motifs is 2. The normalized spacial score (nSPS) is 25.6. The Morgan fingerprint density at radius 2 is 1.59 bits per heavy atom. The van der Waals surface area contributed by atoms with Crippen LogP contribution < -0.4 is 0 Å². The smallest absolute Gasteiger partial charge is 0.338 e. The number of carbonyl (C=O) groups is 2. The predicted octanol–water partition coefficient (Wildman–Crippen LogP) is 4.65. The number of hydrogen-bond acceptors (Lipinski definition) is 6. The molecule has 3 saturated carbocycles. The van der Waals surface area contributed by atoms with Crippen LogP contribution in [-0.2, 0) is 19.6 Å². The lowest BCUT2D eigenvalue weighted by molar-refractivity contribution is 0.0394. The van der Waals surface area contributed by atoms with Crippen molar-refractivity contribution < 1.29 is 32.0 Å². The molecule has 0 radical (unpaired) electrons. The van der Waals surface area contributed by atoms with Gasteiger partial charge in [0.05, 0.1) is 29.2 Å². The van der Waals surface area contributed by atoms with E-state index in [1.807, 2.05) is 0 Å². The topological polar surface area (TPSA) is 107 Å². The number of benzene rings is 1. The number of ether oxygens (including phenoxy) is 2. The van der Waals surface area contributed by atoms with Gasteiger partial charge in [0.25, 0.3) is 10.1 Å². The van der Waals surface area contributed by atoms with Crippen molar-refractivity contribution >= 4 is 22.1 Å². The Hall–Kier alpha value is -1.93. The second-order valence-corrected chi connectivity index (χ2v) is 11.1. The second-order valence-electron chi connectivity index (χ2n) is 9.68. The highest BCUT2D eigenvalue weighted by Crippen LogP contribution is 2.48. The van der Waals surface area contributed by atoms with Crippen molar-refractivity contribution in [3.05, 3.63) is 29.3 Å². The molecule has 32 heavy (non-hydrogen) atoms. The van der Waals surface area contributed by atoms with Crippen molar-refractivity contribution in [2.24, 2.45) is 23.7 Å². The summed E-state index contributed by atoms with van der Waals surface area (Å²) < 4.78 is 43.7. The Bertz CT molecular complexity index is 949. The lowest BCUT2D eigenvalue weighted by atomic mass is 9.87. The van der Waals surface area contributed by atoms with Crippen molar-refractivity contribution in [3.63, 3.8) is 0 Å². The standard InChI is InChI=1S/C24H32O7S/c25-23(30-9-8-16-4-2-1-3-5-16)19-12-20(14-22(13-19)32(27,28)29)24(26)31-15-21-11-17-6-7-18(21)10-17/h12-14,16-18,21H,1-11,15H2,(H,27,28,29). The Kier molecular flexibility index (Phi) is 7.20. The van der Waals surface area contributed by atoms with Gasteiger partial charge < -0.3 is 9.47 Å². The minimum Gasteiger partial charge on any atom is -0.462 e. The van der Waals surface area contributed by atoms with Gasteiger partial charge in [-0.15, -0.1) is 0 Å². The predicted molar refractivity (Wildman–Crippen MR) is 117 cm³/mol. The lowest BCUT2D eigenvalue weighted by Crippen LogP contribution is -2.20. The molecule has 0 spiro atoms. The van der Waals surface area contributed by atoms with E-state index in [9.17, 15) is 22.6 Å². The molecule has 3 fully saturated rings. The Morgan fingerprint density at radius 1 is 0.906 bits per heavy atom. The van der Waals surface area contributed by atoms with Crippen molar-refractivity contribution in [3.8, 4) is 0 Å². The molecule has 3 unspecified atom stereocenters. The molecule has 3 atom stereocenters. The average Bonchev–Trinajstić information content (AvgIpc) is 3.40. The second kappa shape index (κ2) is 9.91. The van der Waals surface area contributed by atoms with Gasteiger partial charge in [-0.2, -0.15) is 8.42 Å². The maximum absolute atomic E-state index is 12.6. The van der Waals surface area contributed by atoms with E-state index < -0.39 is 27.0 Å². The number of rotatable bonds is 8. The minimum absolute atomic E-state index is 0.0810. The zero-order valence-corrected chi connectivity index (χ0v) is 19.1. The van der Waals surface area contributed by atoms with Crippen LogP contribution in [-0.4, -0.2) is 38.1 Å². The van der Waals surface area contributed by atoms with Gasteiger partial charge in [-0.3, -0.25) is 4.55 Å². The molecule has 1 aromatic carbocycles. The molecule has 0 aromatic heterocycles. The van der Waals surface area contributed by atoms with Crippen molar-refractivity contribution in [2.75, 3.05) is 13.2 Å². The summed E-state index contributed by atoms with van der Waals surface area (Å²) in [5.41, 5.74) is -0.168. The first kappa shape index (κ1) is 23.2. The fraction of sp³-hybridized carbons (Fsp3) is 0.667. The fourth-order valence-electron chi connectivity index (χ4n) is 5.71. The fourth-order valence-corrected chi connectivity index (χ4v) is 6.26. The van der Waals surface area contributed by atoms with E-state index >= 15 is 0 Å². The highest BCUT2D eigenvalue weighted by molar-refractivity contribution is 7.85. The highest BCUT2D eigenvalue weighted by Gasteiger charge is 2.40. The van der Waals surface area contributed by atoms with Crippen LogP contribution in [0.4, 0.5) is 0 Å². The molecule has 176 valence electrons. The van der Waals surface area contributed by atoms with E-state index in [2.05, 4.69) is 0 Å². The summed E-state index contributed by atoms with van der Waals surface area (Å²) in [6, 6.07) is 3.35. The van der Waals surface area contributed by atoms with E-state index in [1.54, 1.807) is 0 Å². The van der Waals surface area contributed by atoms with Crippen molar-refractivity contribution in [1.29, 1.82) is 0 Å². The van der Waals surface area contributed by atoms with Crippen LogP contribution in [0.25, 0.3) is 0 Å². The maximum Gasteiger partial charge on any atom is 0.338 e. The molecular weight excluding hydrogens is 432 g/mol. The summed E-state index contributed by atoms with van der Waals surface area (Å²) in [6.45, 7) is 0.529. The van der Waals surface area contributed by atoms with Crippen LogP contribution in [0.1, 0.15) is 84.9 Å². The number of hydrogen-bond donors (Lipinski definition) is 1. The average molecular weight is 465 g/mol. The molecule has 1 aromatic rings. The van der Waals surface area contributed by atoms with E-state index in [-0.39, 0.29) is 24.3 Å². The Morgan fingerprint density at radius 3 is 2.19 bits per heavy atom. The lowest BCUT2D eigenvalue weighted by Gasteiger charge is -2.21. The first-order valence-electron chi connectivity index (χ1n) is 11.8. The Balaban J connectivity index is 1.40. The minimum atomic E-state index is -4.61. The van der Waals surface area contributed by atoms with Gasteiger partial charge in [-0.05, 0) is 67.6 Å². The quantitative estimate of drug-likeness (QED) is 0.441. The molecule has 4 rings (SSSR count). The zero-order valence-electron chi connectivity index (χ0n) is 18.3. The van der Waals surface area contributed by atoms with E-state index in [0.29, 0.717) is 17.8 Å². The van der Waals surface area contributed by atoms with Crippen LogP contribution >= 0.6 is 0 Å². The number of carbonyl (C=O) groups excluding carboxylic acids is 2. The summed E-state index contributed by atoms with van der Waals surface area (Å²) in [6.07, 6.45) is 11.3. The maximum atomic E-state index is 12.6. The van der Waals surface area contributed by atoms with Crippen LogP contribution in [0.3, 0.4) is 0 Å². The van der Waals surface area contributed by atoms with Gasteiger partial charge in [0.2, 0.25) is 0 Å². The SMILES string of the molecule is O=C(OCCC1CCCCC1)c1cc(C(=O)OCC2CC3CCC2C3)cc(S(=O)(=O)O)c1. The molecule has 0 amide bonds.